The van der Waals surface area contributed by atoms with Gasteiger partial charge < -0.3 is 10.1 Å². The Morgan fingerprint density at radius 3 is 2.41 bits per heavy atom. The number of aryl methyl sites for hydroxylation is 1. The molecular weight excluding hydrogens is 426 g/mol. The number of pyridine rings is 1. The van der Waals surface area contributed by atoms with Crippen LogP contribution in [0.2, 0.25) is 0 Å². The molecule has 176 valence electrons. The highest BCUT2D eigenvalue weighted by atomic mass is 16.5. The summed E-state index contributed by atoms with van der Waals surface area (Å²) < 4.78 is 5.32. The van der Waals surface area contributed by atoms with E-state index in [0.29, 0.717) is 17.0 Å². The first-order chi connectivity index (χ1) is 16.6. The number of methoxy groups -OCH3 is 1. The number of nitrogens with one attached hydrogen (secondary N) is 1. The second-order valence-electron chi connectivity index (χ2n) is 8.75. The monoisotopic (exact) mass is 457 g/mol. The number of benzene rings is 2. The van der Waals surface area contributed by atoms with E-state index in [-0.39, 0.29) is 23.6 Å². The largest absolute Gasteiger partial charge is 0.497 e. The van der Waals surface area contributed by atoms with Crippen molar-refractivity contribution in [3.63, 3.8) is 0 Å². The van der Waals surface area contributed by atoms with E-state index in [4.69, 9.17) is 4.74 Å². The fourth-order valence-electron chi connectivity index (χ4n) is 4.51. The molecule has 0 aliphatic heterocycles. The van der Waals surface area contributed by atoms with Crippen LogP contribution in [0, 0.1) is 6.92 Å². The van der Waals surface area contributed by atoms with E-state index in [1.807, 2.05) is 55.5 Å². The summed E-state index contributed by atoms with van der Waals surface area (Å²) >= 11 is 0. The van der Waals surface area contributed by atoms with Crippen molar-refractivity contribution in [3.8, 4) is 5.75 Å². The number of rotatable bonds is 7. The maximum absolute atomic E-state index is 13.8. The smallest absolute Gasteiger partial charge is 0.277 e. The summed E-state index contributed by atoms with van der Waals surface area (Å²) in [4.78, 5) is 33.5. The normalized spacial score (nSPS) is 14.8. The molecule has 2 amide bonds. The maximum Gasteiger partial charge on any atom is 0.277 e. The Bertz CT molecular complexity index is 1110. The molecule has 4 rings (SSSR count). The first-order valence-electron chi connectivity index (χ1n) is 11.8. The van der Waals surface area contributed by atoms with Crippen LogP contribution in [0.4, 0.5) is 5.69 Å². The number of amides is 2. The number of hydrogen-bond donors (Lipinski definition) is 1. The van der Waals surface area contributed by atoms with E-state index < -0.39 is 6.04 Å². The lowest BCUT2D eigenvalue weighted by Crippen LogP contribution is -2.47. The van der Waals surface area contributed by atoms with Gasteiger partial charge in [-0.1, -0.05) is 49.6 Å². The first-order valence-corrected chi connectivity index (χ1v) is 11.8. The second-order valence-corrected chi connectivity index (χ2v) is 8.75. The lowest BCUT2D eigenvalue weighted by Gasteiger charge is -2.33. The molecule has 1 fully saturated rings. The Labute approximate surface area is 201 Å². The van der Waals surface area contributed by atoms with Gasteiger partial charge in [-0.05, 0) is 67.3 Å². The molecule has 34 heavy (non-hydrogen) atoms. The summed E-state index contributed by atoms with van der Waals surface area (Å²) in [5.74, 6) is 0.169. The van der Waals surface area contributed by atoms with Gasteiger partial charge in [-0.25, -0.2) is 0 Å². The number of anilines is 1. The van der Waals surface area contributed by atoms with Crippen molar-refractivity contribution in [1.29, 1.82) is 0 Å². The van der Waals surface area contributed by atoms with Crippen LogP contribution in [-0.4, -0.2) is 29.9 Å². The van der Waals surface area contributed by atoms with Crippen molar-refractivity contribution in [2.45, 2.75) is 51.1 Å². The summed E-state index contributed by atoms with van der Waals surface area (Å²) in [6.07, 6.45) is 6.91. The van der Waals surface area contributed by atoms with Crippen LogP contribution in [0.25, 0.3) is 0 Å². The third-order valence-corrected chi connectivity index (χ3v) is 6.27. The van der Waals surface area contributed by atoms with Gasteiger partial charge in [0.2, 0.25) is 5.91 Å². The molecule has 0 radical (unpaired) electrons. The molecule has 1 aliphatic rings. The number of aromatic nitrogens is 1. The zero-order valence-electron chi connectivity index (χ0n) is 19.7. The van der Waals surface area contributed by atoms with Crippen LogP contribution in [0.1, 0.15) is 59.8 Å². The van der Waals surface area contributed by atoms with Crippen LogP contribution in [0.5, 0.6) is 5.75 Å². The van der Waals surface area contributed by atoms with Crippen LogP contribution in [-0.2, 0) is 4.79 Å². The number of carbonyl (C=O) groups is 2. The van der Waals surface area contributed by atoms with Gasteiger partial charge in [-0.2, -0.15) is 0 Å². The van der Waals surface area contributed by atoms with Crippen molar-refractivity contribution < 1.29 is 14.3 Å². The van der Waals surface area contributed by atoms with E-state index in [0.717, 1.165) is 31.2 Å². The minimum atomic E-state index is -0.857. The van der Waals surface area contributed by atoms with E-state index >= 15 is 0 Å². The zero-order chi connectivity index (χ0) is 23.9. The molecule has 1 saturated carbocycles. The van der Waals surface area contributed by atoms with Gasteiger partial charge in [0.25, 0.3) is 5.91 Å². The summed E-state index contributed by atoms with van der Waals surface area (Å²) in [7, 11) is 1.60. The molecule has 1 atom stereocenters. The second kappa shape index (κ2) is 11.0. The van der Waals surface area contributed by atoms with Gasteiger partial charge in [0, 0.05) is 17.9 Å². The van der Waals surface area contributed by atoms with Crippen LogP contribution >= 0.6 is 0 Å². The SMILES string of the molecule is COc1ccc([C@@H](C(=O)NC2CCCCC2)N(C(=O)c2ccccn2)c2cccc(C)c2)cc1. The molecule has 0 unspecified atom stereocenters. The summed E-state index contributed by atoms with van der Waals surface area (Å²) in [5.41, 5.74) is 2.64. The third kappa shape index (κ3) is 5.45. The Morgan fingerprint density at radius 1 is 1.00 bits per heavy atom. The number of hydrogen-bond acceptors (Lipinski definition) is 4. The molecule has 1 aromatic heterocycles. The van der Waals surface area contributed by atoms with Gasteiger partial charge in [-0.15, -0.1) is 0 Å². The molecule has 3 aromatic rings. The molecular formula is C28H31N3O3. The van der Waals surface area contributed by atoms with E-state index in [2.05, 4.69) is 10.3 Å². The Balaban J connectivity index is 1.80. The fraction of sp³-hybridized carbons (Fsp3) is 0.321. The zero-order valence-corrected chi connectivity index (χ0v) is 19.7. The van der Waals surface area contributed by atoms with E-state index in [9.17, 15) is 9.59 Å². The van der Waals surface area contributed by atoms with Crippen LogP contribution < -0.4 is 15.0 Å². The summed E-state index contributed by atoms with van der Waals surface area (Å²) in [6.45, 7) is 1.97. The highest BCUT2D eigenvalue weighted by Gasteiger charge is 2.35. The first kappa shape index (κ1) is 23.5. The quantitative estimate of drug-likeness (QED) is 0.527. The molecule has 6 heteroatoms. The molecule has 0 saturated heterocycles. The maximum atomic E-state index is 13.8. The van der Waals surface area contributed by atoms with E-state index in [1.54, 1.807) is 36.4 Å². The summed E-state index contributed by atoms with van der Waals surface area (Å²) in [5, 5.41) is 3.23. The lowest BCUT2D eigenvalue weighted by atomic mass is 9.94. The van der Waals surface area contributed by atoms with Crippen molar-refractivity contribution in [3.05, 3.63) is 89.7 Å². The Morgan fingerprint density at radius 2 is 1.76 bits per heavy atom. The van der Waals surface area contributed by atoms with Crippen molar-refractivity contribution >= 4 is 17.5 Å². The molecule has 1 N–H and O–H groups in total. The molecule has 0 spiro atoms. The summed E-state index contributed by atoms with van der Waals surface area (Å²) in [6, 6.07) is 19.5. The van der Waals surface area contributed by atoms with Gasteiger partial charge >= 0.3 is 0 Å². The number of nitrogens with zero attached hydrogens (tertiary/aromatic N) is 2. The van der Waals surface area contributed by atoms with Crippen molar-refractivity contribution in [2.24, 2.45) is 0 Å². The minimum absolute atomic E-state index is 0.117. The molecule has 1 aliphatic carbocycles. The van der Waals surface area contributed by atoms with E-state index in [1.165, 1.54) is 6.42 Å². The van der Waals surface area contributed by atoms with Gasteiger partial charge in [0.05, 0.1) is 7.11 Å². The van der Waals surface area contributed by atoms with Crippen LogP contribution in [0.3, 0.4) is 0 Å². The predicted molar refractivity (Wildman–Crippen MR) is 133 cm³/mol. The lowest BCUT2D eigenvalue weighted by molar-refractivity contribution is -0.123. The average molecular weight is 458 g/mol. The fourth-order valence-corrected chi connectivity index (χ4v) is 4.51. The minimum Gasteiger partial charge on any atom is -0.497 e. The van der Waals surface area contributed by atoms with Gasteiger partial charge in [-0.3, -0.25) is 19.5 Å². The number of ether oxygens (including phenoxy) is 1. The van der Waals surface area contributed by atoms with Crippen molar-refractivity contribution in [2.75, 3.05) is 12.0 Å². The van der Waals surface area contributed by atoms with Crippen LogP contribution in [0.15, 0.2) is 72.9 Å². The van der Waals surface area contributed by atoms with Gasteiger partial charge in [0.15, 0.2) is 0 Å². The molecule has 6 nitrogen and oxygen atoms in total. The Kier molecular flexibility index (Phi) is 7.58. The Hall–Kier alpha value is -3.67. The van der Waals surface area contributed by atoms with Crippen molar-refractivity contribution in [1.82, 2.24) is 10.3 Å². The number of carbonyl (C=O) groups excluding carboxylic acids is 2. The molecule has 2 aromatic carbocycles. The predicted octanol–water partition coefficient (Wildman–Crippen LogP) is 5.24. The van der Waals surface area contributed by atoms with Gasteiger partial charge in [0.1, 0.15) is 17.5 Å². The third-order valence-electron chi connectivity index (χ3n) is 6.27. The molecule has 0 bridgehead atoms. The highest BCUT2D eigenvalue weighted by Crippen LogP contribution is 2.32. The standard InChI is InChI=1S/C28H31N3O3/c1-20-9-8-12-23(19-20)31(28(33)25-13-6-7-18-29-25)26(21-14-16-24(34-2)17-15-21)27(32)30-22-10-4-3-5-11-22/h6-9,12-19,22,26H,3-5,10-11H2,1-2H3,(H,30,32)/t26-/m0/s1. The molecule has 1 heterocycles. The highest BCUT2D eigenvalue weighted by molar-refractivity contribution is 6.09. The average Bonchev–Trinajstić information content (AvgIpc) is 2.88. The topological polar surface area (TPSA) is 71.5 Å².